The van der Waals surface area contributed by atoms with Crippen LogP contribution in [0.5, 0.6) is 0 Å². The fourth-order valence-corrected chi connectivity index (χ4v) is 4.50. The third-order valence-corrected chi connectivity index (χ3v) is 6.85. The molecule has 0 saturated carbocycles. The highest BCUT2D eigenvalue weighted by molar-refractivity contribution is 7.92. The van der Waals surface area contributed by atoms with Gasteiger partial charge in [0.15, 0.2) is 0 Å². The van der Waals surface area contributed by atoms with Gasteiger partial charge < -0.3 is 5.11 Å². The van der Waals surface area contributed by atoms with E-state index >= 15 is 0 Å². The van der Waals surface area contributed by atoms with E-state index in [2.05, 4.69) is 0 Å². The lowest BCUT2D eigenvalue weighted by Gasteiger charge is -2.25. The van der Waals surface area contributed by atoms with Crippen molar-refractivity contribution in [2.75, 3.05) is 4.31 Å². The summed E-state index contributed by atoms with van der Waals surface area (Å²) in [5.74, 6) is -1.09. The molecule has 1 N–H and O–H groups in total. The predicted molar refractivity (Wildman–Crippen MR) is 114 cm³/mol. The number of hydrogen-bond donors (Lipinski definition) is 1. The maximum Gasteiger partial charge on any atom is 0.335 e. The summed E-state index contributed by atoms with van der Waals surface area (Å²) in [6, 6.07) is 17.1. The molecule has 0 aliphatic heterocycles. The van der Waals surface area contributed by atoms with Gasteiger partial charge in [-0.05, 0) is 61.0 Å². The maximum atomic E-state index is 13.4. The Balaban J connectivity index is 2.08. The lowest BCUT2D eigenvalue weighted by Crippen LogP contribution is -2.30. The van der Waals surface area contributed by atoms with Crippen molar-refractivity contribution in [3.05, 3.63) is 93.5 Å². The molecule has 0 fully saturated rings. The molecule has 29 heavy (non-hydrogen) atoms. The van der Waals surface area contributed by atoms with Crippen molar-refractivity contribution in [1.82, 2.24) is 0 Å². The summed E-state index contributed by atoms with van der Waals surface area (Å²) in [5.41, 5.74) is 1.97. The molecule has 0 saturated heterocycles. The Morgan fingerprint density at radius 1 is 0.931 bits per heavy atom. The molecule has 8 heteroatoms. The molecule has 0 bridgehead atoms. The zero-order valence-corrected chi connectivity index (χ0v) is 17.7. The number of benzene rings is 3. The molecule has 0 atom stereocenters. The second kappa shape index (κ2) is 8.45. The van der Waals surface area contributed by atoms with Crippen molar-refractivity contribution in [2.24, 2.45) is 0 Å². The number of rotatable bonds is 6. The smallest absolute Gasteiger partial charge is 0.335 e. The van der Waals surface area contributed by atoms with Crippen LogP contribution < -0.4 is 4.31 Å². The Hall–Kier alpha value is -2.54. The third-order valence-electron chi connectivity index (χ3n) is 4.32. The second-order valence-electron chi connectivity index (χ2n) is 6.43. The Labute approximate surface area is 179 Å². The van der Waals surface area contributed by atoms with Gasteiger partial charge >= 0.3 is 5.97 Å². The molecule has 150 valence electrons. The molecule has 0 spiro atoms. The molecule has 3 aromatic carbocycles. The quantitative estimate of drug-likeness (QED) is 0.546. The second-order valence-corrected chi connectivity index (χ2v) is 9.10. The molecule has 0 unspecified atom stereocenters. The average molecular weight is 450 g/mol. The van der Waals surface area contributed by atoms with Crippen LogP contribution in [0.2, 0.25) is 10.0 Å². The molecule has 3 aromatic rings. The first-order valence-corrected chi connectivity index (χ1v) is 10.7. The van der Waals surface area contributed by atoms with E-state index in [0.29, 0.717) is 21.3 Å². The van der Waals surface area contributed by atoms with Gasteiger partial charge in [-0.25, -0.2) is 13.2 Å². The summed E-state index contributed by atoms with van der Waals surface area (Å²) < 4.78 is 28.0. The van der Waals surface area contributed by atoms with Crippen LogP contribution in [0.1, 0.15) is 21.5 Å². The number of nitrogens with zero attached hydrogens (tertiary/aromatic N) is 1. The van der Waals surface area contributed by atoms with E-state index in [1.165, 1.54) is 40.7 Å². The topological polar surface area (TPSA) is 74.7 Å². The molecule has 5 nitrogen and oxygen atoms in total. The van der Waals surface area contributed by atoms with Crippen molar-refractivity contribution in [2.45, 2.75) is 18.4 Å². The van der Waals surface area contributed by atoms with Crippen LogP contribution in [0.25, 0.3) is 0 Å². The summed E-state index contributed by atoms with van der Waals surface area (Å²) in [6.45, 7) is 1.87. The Morgan fingerprint density at radius 3 is 2.10 bits per heavy atom. The highest BCUT2D eigenvalue weighted by atomic mass is 35.5. The van der Waals surface area contributed by atoms with Crippen molar-refractivity contribution >= 4 is 44.9 Å². The first-order chi connectivity index (χ1) is 13.7. The Kier molecular flexibility index (Phi) is 6.17. The SMILES string of the molecule is Cc1ccc(S(=O)(=O)N(Cc2ccc(Cl)c(Cl)c2)c2ccc(C(=O)O)cc2)cc1. The summed E-state index contributed by atoms with van der Waals surface area (Å²) in [5, 5.41) is 9.80. The van der Waals surface area contributed by atoms with E-state index in [1.807, 2.05) is 6.92 Å². The average Bonchev–Trinajstić information content (AvgIpc) is 2.69. The fraction of sp³-hybridized carbons (Fsp3) is 0.0952. The number of halogens is 2. The molecular weight excluding hydrogens is 433 g/mol. The number of anilines is 1. The van der Waals surface area contributed by atoms with E-state index in [-0.39, 0.29) is 17.0 Å². The minimum Gasteiger partial charge on any atom is -0.478 e. The van der Waals surface area contributed by atoms with Crippen molar-refractivity contribution in [3.63, 3.8) is 0 Å². The standard InChI is InChI=1S/C21H17Cl2NO4S/c1-14-2-9-18(10-3-14)29(27,28)24(13-15-4-11-19(22)20(23)12-15)17-7-5-16(6-8-17)21(25)26/h2-12H,13H2,1H3,(H,25,26). The molecule has 0 radical (unpaired) electrons. The number of carbonyl (C=O) groups is 1. The minimum absolute atomic E-state index is 0.000479. The van der Waals surface area contributed by atoms with Crippen LogP contribution in [-0.4, -0.2) is 19.5 Å². The lowest BCUT2D eigenvalue weighted by molar-refractivity contribution is 0.0697. The number of carboxylic acid groups (broad SMARTS) is 1. The van der Waals surface area contributed by atoms with Crippen LogP contribution in [0, 0.1) is 6.92 Å². The van der Waals surface area contributed by atoms with Crippen molar-refractivity contribution in [3.8, 4) is 0 Å². The van der Waals surface area contributed by atoms with E-state index < -0.39 is 16.0 Å². The molecule has 0 aliphatic rings. The first kappa shape index (κ1) is 21.2. The minimum atomic E-state index is -3.92. The lowest BCUT2D eigenvalue weighted by atomic mass is 10.2. The van der Waals surface area contributed by atoms with Gasteiger partial charge in [0, 0.05) is 0 Å². The number of aryl methyl sites for hydroxylation is 1. The highest BCUT2D eigenvalue weighted by Crippen LogP contribution is 2.29. The van der Waals surface area contributed by atoms with E-state index in [0.717, 1.165) is 5.56 Å². The number of aromatic carboxylic acids is 1. The van der Waals surface area contributed by atoms with Gasteiger partial charge in [0.25, 0.3) is 10.0 Å². The highest BCUT2D eigenvalue weighted by Gasteiger charge is 2.25. The molecule has 0 amide bonds. The Morgan fingerprint density at radius 2 is 1.55 bits per heavy atom. The fourth-order valence-electron chi connectivity index (χ4n) is 2.73. The van der Waals surface area contributed by atoms with Crippen LogP contribution >= 0.6 is 23.2 Å². The normalized spacial score (nSPS) is 11.3. The van der Waals surface area contributed by atoms with E-state index in [4.69, 9.17) is 28.3 Å². The van der Waals surface area contributed by atoms with Gasteiger partial charge in [-0.15, -0.1) is 0 Å². The largest absolute Gasteiger partial charge is 0.478 e. The van der Waals surface area contributed by atoms with E-state index in [9.17, 15) is 13.2 Å². The van der Waals surface area contributed by atoms with Crippen molar-refractivity contribution < 1.29 is 18.3 Å². The van der Waals surface area contributed by atoms with Gasteiger partial charge in [0.05, 0.1) is 32.7 Å². The molecule has 3 rings (SSSR count). The molecule has 0 heterocycles. The number of sulfonamides is 1. The van der Waals surface area contributed by atoms with Gasteiger partial charge in [-0.1, -0.05) is 47.0 Å². The van der Waals surface area contributed by atoms with E-state index in [1.54, 1.807) is 30.3 Å². The summed E-state index contributed by atoms with van der Waals surface area (Å²) >= 11 is 12.0. The summed E-state index contributed by atoms with van der Waals surface area (Å²) in [6.07, 6.45) is 0. The van der Waals surface area contributed by atoms with Crippen LogP contribution in [0.3, 0.4) is 0 Å². The number of hydrogen-bond acceptors (Lipinski definition) is 3. The first-order valence-electron chi connectivity index (χ1n) is 8.55. The summed E-state index contributed by atoms with van der Waals surface area (Å²) in [7, 11) is -3.92. The van der Waals surface area contributed by atoms with Gasteiger partial charge in [-0.2, -0.15) is 0 Å². The van der Waals surface area contributed by atoms with Crippen LogP contribution in [0.4, 0.5) is 5.69 Å². The molecule has 0 aromatic heterocycles. The van der Waals surface area contributed by atoms with Gasteiger partial charge in [0.1, 0.15) is 0 Å². The number of carboxylic acids is 1. The van der Waals surface area contributed by atoms with Gasteiger partial charge in [-0.3, -0.25) is 4.31 Å². The maximum absolute atomic E-state index is 13.4. The van der Waals surface area contributed by atoms with Gasteiger partial charge in [0.2, 0.25) is 0 Å². The Bertz CT molecular complexity index is 1140. The predicted octanol–water partition coefficient (Wildman–Crippen LogP) is 5.40. The van der Waals surface area contributed by atoms with Crippen molar-refractivity contribution in [1.29, 1.82) is 0 Å². The zero-order chi connectivity index (χ0) is 21.2. The monoisotopic (exact) mass is 449 g/mol. The zero-order valence-electron chi connectivity index (χ0n) is 15.3. The van der Waals surface area contributed by atoms with Crippen LogP contribution in [-0.2, 0) is 16.6 Å². The summed E-state index contributed by atoms with van der Waals surface area (Å²) in [4.78, 5) is 11.3. The molecule has 0 aliphatic carbocycles. The third kappa shape index (κ3) is 4.72. The van der Waals surface area contributed by atoms with Crippen LogP contribution in [0.15, 0.2) is 71.6 Å². The molecular formula is C21H17Cl2NO4S.